The van der Waals surface area contributed by atoms with Gasteiger partial charge in [0.1, 0.15) is 5.82 Å². The standard InChI is InChI=1S/C20H19FN2O3S/c1-12(24)14-3-6-19(17(21)10-14)27-11-20(26)22-16-4-5-18-15(9-16)7-8-23(18)13(2)25/h3-6,9-10H,7-8,11H2,1-2H3,(H,22,26). The molecule has 0 saturated heterocycles. The van der Waals surface area contributed by atoms with Crippen molar-refractivity contribution in [3.8, 4) is 0 Å². The molecule has 0 saturated carbocycles. The molecule has 7 heteroatoms. The molecular formula is C20H19FN2O3S. The molecular weight excluding hydrogens is 367 g/mol. The van der Waals surface area contributed by atoms with Crippen molar-refractivity contribution in [2.45, 2.75) is 25.2 Å². The Hall–Kier alpha value is -2.67. The van der Waals surface area contributed by atoms with Crippen LogP contribution in [0.1, 0.15) is 29.8 Å². The van der Waals surface area contributed by atoms with E-state index in [1.165, 1.54) is 26.0 Å². The normalized spacial score (nSPS) is 12.6. The Kier molecular flexibility index (Phi) is 5.60. The van der Waals surface area contributed by atoms with E-state index in [9.17, 15) is 18.8 Å². The lowest BCUT2D eigenvalue weighted by Crippen LogP contribution is -2.25. The minimum Gasteiger partial charge on any atom is -0.325 e. The number of hydrogen-bond donors (Lipinski definition) is 1. The summed E-state index contributed by atoms with van der Waals surface area (Å²) in [4.78, 5) is 37.0. The monoisotopic (exact) mass is 386 g/mol. The first-order valence-electron chi connectivity index (χ1n) is 8.49. The van der Waals surface area contributed by atoms with Gasteiger partial charge in [-0.05, 0) is 49.2 Å². The smallest absolute Gasteiger partial charge is 0.234 e. The van der Waals surface area contributed by atoms with Gasteiger partial charge in [-0.3, -0.25) is 14.4 Å². The highest BCUT2D eigenvalue weighted by Gasteiger charge is 2.22. The van der Waals surface area contributed by atoms with Crippen LogP contribution in [0.5, 0.6) is 0 Å². The van der Waals surface area contributed by atoms with Crippen LogP contribution in [-0.2, 0) is 16.0 Å². The summed E-state index contributed by atoms with van der Waals surface area (Å²) in [5, 5.41) is 2.80. The van der Waals surface area contributed by atoms with Gasteiger partial charge in [0.2, 0.25) is 11.8 Å². The zero-order valence-corrected chi connectivity index (χ0v) is 15.9. The lowest BCUT2D eigenvalue weighted by atomic mass is 10.1. The molecule has 0 aliphatic carbocycles. The van der Waals surface area contributed by atoms with E-state index in [1.807, 2.05) is 12.1 Å². The number of nitrogens with one attached hydrogen (secondary N) is 1. The van der Waals surface area contributed by atoms with E-state index >= 15 is 0 Å². The van der Waals surface area contributed by atoms with Crippen molar-refractivity contribution in [3.63, 3.8) is 0 Å². The first kappa shape index (κ1) is 19.1. The predicted molar refractivity (Wildman–Crippen MR) is 104 cm³/mol. The fourth-order valence-corrected chi connectivity index (χ4v) is 3.70. The summed E-state index contributed by atoms with van der Waals surface area (Å²) >= 11 is 1.07. The molecule has 1 aliphatic rings. The van der Waals surface area contributed by atoms with Gasteiger partial charge in [0.05, 0.1) is 5.75 Å². The first-order valence-corrected chi connectivity index (χ1v) is 9.48. The predicted octanol–water partition coefficient (Wildman–Crippen LogP) is 3.67. The van der Waals surface area contributed by atoms with E-state index in [2.05, 4.69) is 5.32 Å². The van der Waals surface area contributed by atoms with E-state index in [0.29, 0.717) is 22.7 Å². The highest BCUT2D eigenvalue weighted by atomic mass is 32.2. The second kappa shape index (κ2) is 7.92. The van der Waals surface area contributed by atoms with Gasteiger partial charge in [0.25, 0.3) is 0 Å². The number of carbonyl (C=O) groups is 3. The van der Waals surface area contributed by atoms with E-state index < -0.39 is 5.82 Å². The number of ketones is 1. The summed E-state index contributed by atoms with van der Waals surface area (Å²) in [6.07, 6.45) is 0.751. The van der Waals surface area contributed by atoms with Crippen molar-refractivity contribution in [1.82, 2.24) is 0 Å². The Morgan fingerprint density at radius 3 is 2.59 bits per heavy atom. The van der Waals surface area contributed by atoms with Gasteiger partial charge in [0.15, 0.2) is 5.78 Å². The van der Waals surface area contributed by atoms with Crippen LogP contribution >= 0.6 is 11.8 Å². The average molecular weight is 386 g/mol. The Morgan fingerprint density at radius 2 is 1.93 bits per heavy atom. The molecule has 0 radical (unpaired) electrons. The van der Waals surface area contributed by atoms with Crippen LogP contribution in [0, 0.1) is 5.82 Å². The Bertz CT molecular complexity index is 929. The van der Waals surface area contributed by atoms with Gasteiger partial charge in [-0.15, -0.1) is 11.8 Å². The minimum absolute atomic E-state index is 0.000228. The number of Topliss-reactive ketones (excluding diaryl/α,β-unsaturated/α-hetero) is 1. The zero-order chi connectivity index (χ0) is 19.6. The zero-order valence-electron chi connectivity index (χ0n) is 15.0. The molecule has 0 spiro atoms. The van der Waals surface area contributed by atoms with Gasteiger partial charge in [-0.2, -0.15) is 0 Å². The number of fused-ring (bicyclic) bond motifs is 1. The topological polar surface area (TPSA) is 66.5 Å². The van der Waals surface area contributed by atoms with Gasteiger partial charge in [-0.25, -0.2) is 4.39 Å². The second-order valence-electron chi connectivity index (χ2n) is 6.30. The maximum atomic E-state index is 14.0. The maximum absolute atomic E-state index is 14.0. The molecule has 0 fully saturated rings. The summed E-state index contributed by atoms with van der Waals surface area (Å²) in [7, 11) is 0. The Balaban J connectivity index is 1.60. The fraction of sp³-hybridized carbons (Fsp3) is 0.250. The third-order valence-corrected chi connectivity index (χ3v) is 5.38. The van der Waals surface area contributed by atoms with Crippen molar-refractivity contribution < 1.29 is 18.8 Å². The third kappa shape index (κ3) is 4.36. The van der Waals surface area contributed by atoms with Gasteiger partial charge in [0, 0.05) is 35.3 Å². The van der Waals surface area contributed by atoms with E-state index in [0.717, 1.165) is 29.4 Å². The number of hydrogen-bond acceptors (Lipinski definition) is 4. The third-order valence-electron chi connectivity index (χ3n) is 4.34. The molecule has 2 aromatic carbocycles. The molecule has 0 aromatic heterocycles. The van der Waals surface area contributed by atoms with Crippen LogP contribution in [-0.4, -0.2) is 29.9 Å². The minimum atomic E-state index is -0.512. The van der Waals surface area contributed by atoms with Gasteiger partial charge < -0.3 is 10.2 Å². The molecule has 1 aliphatic heterocycles. The molecule has 140 valence electrons. The van der Waals surface area contributed by atoms with Crippen LogP contribution in [0.2, 0.25) is 0 Å². The number of nitrogens with zero attached hydrogens (tertiary/aromatic N) is 1. The number of thioether (sulfide) groups is 1. The molecule has 3 rings (SSSR count). The highest BCUT2D eigenvalue weighted by molar-refractivity contribution is 8.00. The van der Waals surface area contributed by atoms with Crippen molar-refractivity contribution in [1.29, 1.82) is 0 Å². The van der Waals surface area contributed by atoms with E-state index in [1.54, 1.807) is 17.0 Å². The average Bonchev–Trinajstić information content (AvgIpc) is 3.04. The van der Waals surface area contributed by atoms with Crippen LogP contribution in [0.15, 0.2) is 41.3 Å². The first-order chi connectivity index (χ1) is 12.8. The molecule has 1 heterocycles. The molecule has 0 bridgehead atoms. The van der Waals surface area contributed by atoms with Crippen LogP contribution in [0.3, 0.4) is 0 Å². The number of amides is 2. The summed E-state index contributed by atoms with van der Waals surface area (Å²) in [6.45, 7) is 3.55. The number of anilines is 2. The van der Waals surface area contributed by atoms with E-state index in [4.69, 9.17) is 0 Å². The SMILES string of the molecule is CC(=O)c1ccc(SCC(=O)Nc2ccc3c(c2)CCN3C(C)=O)c(F)c1. The molecule has 2 amide bonds. The lowest BCUT2D eigenvalue weighted by molar-refractivity contribution is -0.116. The fourth-order valence-electron chi connectivity index (χ4n) is 2.98. The Morgan fingerprint density at radius 1 is 1.15 bits per heavy atom. The highest BCUT2D eigenvalue weighted by Crippen LogP contribution is 2.30. The second-order valence-corrected chi connectivity index (χ2v) is 7.32. The number of carbonyl (C=O) groups excluding carboxylic acids is 3. The molecule has 5 nitrogen and oxygen atoms in total. The molecule has 2 aromatic rings. The summed E-state index contributed by atoms with van der Waals surface area (Å²) < 4.78 is 14.0. The van der Waals surface area contributed by atoms with Crippen molar-refractivity contribution in [2.75, 3.05) is 22.5 Å². The molecule has 0 atom stereocenters. The maximum Gasteiger partial charge on any atom is 0.234 e. The van der Waals surface area contributed by atoms with Crippen molar-refractivity contribution in [2.24, 2.45) is 0 Å². The Labute approximate surface area is 160 Å². The van der Waals surface area contributed by atoms with Crippen molar-refractivity contribution >= 4 is 40.7 Å². The van der Waals surface area contributed by atoms with Gasteiger partial charge >= 0.3 is 0 Å². The van der Waals surface area contributed by atoms with E-state index in [-0.39, 0.29) is 23.4 Å². The number of rotatable bonds is 5. The molecule has 0 unspecified atom stereocenters. The summed E-state index contributed by atoms with van der Waals surface area (Å²) in [6, 6.07) is 9.69. The number of benzene rings is 2. The molecule has 1 N–H and O–H groups in total. The van der Waals surface area contributed by atoms with Crippen LogP contribution in [0.4, 0.5) is 15.8 Å². The summed E-state index contributed by atoms with van der Waals surface area (Å²) in [5.74, 6) is -0.922. The van der Waals surface area contributed by atoms with Crippen LogP contribution < -0.4 is 10.2 Å². The quantitative estimate of drug-likeness (QED) is 0.629. The van der Waals surface area contributed by atoms with Gasteiger partial charge in [-0.1, -0.05) is 6.07 Å². The summed E-state index contributed by atoms with van der Waals surface area (Å²) in [5.41, 5.74) is 2.85. The van der Waals surface area contributed by atoms with Crippen LogP contribution in [0.25, 0.3) is 0 Å². The molecule has 27 heavy (non-hydrogen) atoms. The number of halogens is 1. The lowest BCUT2D eigenvalue weighted by Gasteiger charge is -2.15. The largest absolute Gasteiger partial charge is 0.325 e. The van der Waals surface area contributed by atoms with Crippen molar-refractivity contribution in [3.05, 3.63) is 53.3 Å².